The van der Waals surface area contributed by atoms with Gasteiger partial charge in [0.25, 0.3) is 0 Å². The predicted molar refractivity (Wildman–Crippen MR) is 130 cm³/mol. The lowest BCUT2D eigenvalue weighted by molar-refractivity contribution is 0.122. The van der Waals surface area contributed by atoms with Crippen LogP contribution in [0.4, 0.5) is 22.0 Å². The first-order valence-electron chi connectivity index (χ1n) is 11.1. The van der Waals surface area contributed by atoms with Gasteiger partial charge in [-0.15, -0.1) is 0 Å². The molecule has 0 bridgehead atoms. The maximum atomic E-state index is 12.3. The molecule has 33 heavy (non-hydrogen) atoms. The van der Waals surface area contributed by atoms with Crippen LogP contribution in [0.3, 0.4) is 0 Å². The summed E-state index contributed by atoms with van der Waals surface area (Å²) in [6.45, 7) is 9.28. The van der Waals surface area contributed by atoms with Crippen LogP contribution < -0.4 is 20.3 Å². The van der Waals surface area contributed by atoms with E-state index in [9.17, 15) is 4.79 Å². The maximum Gasteiger partial charge on any atom is 0.323 e. The Bertz CT molecular complexity index is 1090. The lowest BCUT2D eigenvalue weighted by Gasteiger charge is -2.29. The van der Waals surface area contributed by atoms with Gasteiger partial charge in [-0.05, 0) is 57.2 Å². The second-order valence-electron chi connectivity index (χ2n) is 7.84. The number of aryl methyl sites for hydroxylation is 2. The molecule has 8 nitrogen and oxygen atoms in total. The molecule has 172 valence electrons. The summed E-state index contributed by atoms with van der Waals surface area (Å²) in [7, 11) is 0. The van der Waals surface area contributed by atoms with Gasteiger partial charge in [-0.3, -0.25) is 0 Å². The minimum Gasteiger partial charge on any atom is -0.488 e. The number of rotatable bonds is 6. The minimum atomic E-state index is -0.297. The molecule has 1 saturated heterocycles. The molecule has 8 heteroatoms. The predicted octanol–water partition coefficient (Wildman–Crippen LogP) is 4.64. The zero-order valence-electron chi connectivity index (χ0n) is 19.2. The van der Waals surface area contributed by atoms with Crippen LogP contribution in [0.5, 0.6) is 5.75 Å². The highest BCUT2D eigenvalue weighted by molar-refractivity contribution is 5.99. The number of benzene rings is 2. The van der Waals surface area contributed by atoms with Gasteiger partial charge in [-0.2, -0.15) is 0 Å². The summed E-state index contributed by atoms with van der Waals surface area (Å²) < 4.78 is 11.4. The minimum absolute atomic E-state index is 0.297. The number of carbonyl (C=O) groups is 1. The van der Waals surface area contributed by atoms with Crippen LogP contribution in [0.1, 0.15) is 18.2 Å². The first-order chi connectivity index (χ1) is 16.0. The highest BCUT2D eigenvalue weighted by atomic mass is 16.5. The van der Waals surface area contributed by atoms with Gasteiger partial charge in [-0.1, -0.05) is 17.7 Å². The Morgan fingerprint density at radius 1 is 0.970 bits per heavy atom. The third-order valence-electron chi connectivity index (χ3n) is 5.33. The number of anilines is 3. The fraction of sp³-hybridized carbons (Fsp3) is 0.320. The van der Waals surface area contributed by atoms with Crippen molar-refractivity contribution in [1.29, 1.82) is 0 Å². The number of hydrogen-bond donors (Lipinski definition) is 2. The fourth-order valence-corrected chi connectivity index (χ4v) is 3.61. The van der Waals surface area contributed by atoms with E-state index in [4.69, 9.17) is 14.5 Å². The maximum absolute atomic E-state index is 12.3. The molecule has 3 aromatic rings. The Labute approximate surface area is 194 Å². The summed E-state index contributed by atoms with van der Waals surface area (Å²) in [4.78, 5) is 24.0. The number of ether oxygens (including phenoxy) is 2. The van der Waals surface area contributed by atoms with Crippen molar-refractivity contribution in [2.45, 2.75) is 20.8 Å². The molecule has 0 spiro atoms. The van der Waals surface area contributed by atoms with Gasteiger partial charge in [0, 0.05) is 30.0 Å². The molecule has 2 heterocycles. The molecule has 1 aliphatic heterocycles. The van der Waals surface area contributed by atoms with Crippen LogP contribution in [0.2, 0.25) is 0 Å². The van der Waals surface area contributed by atoms with Crippen molar-refractivity contribution in [3.63, 3.8) is 0 Å². The Kier molecular flexibility index (Phi) is 7.04. The van der Waals surface area contributed by atoms with Crippen molar-refractivity contribution < 1.29 is 14.3 Å². The van der Waals surface area contributed by atoms with Crippen molar-refractivity contribution in [2.75, 3.05) is 48.4 Å². The molecule has 1 aromatic heterocycles. The molecule has 2 N–H and O–H groups in total. The molecule has 0 saturated carbocycles. The topological polar surface area (TPSA) is 88.6 Å². The number of carbonyl (C=O) groups excluding carboxylic acids is 1. The molecule has 2 amide bonds. The number of nitrogens with one attached hydrogen (secondary N) is 2. The second kappa shape index (κ2) is 10.3. The van der Waals surface area contributed by atoms with Crippen molar-refractivity contribution in [3.05, 3.63) is 59.8 Å². The monoisotopic (exact) mass is 447 g/mol. The van der Waals surface area contributed by atoms with Gasteiger partial charge in [0.1, 0.15) is 0 Å². The molecule has 0 unspecified atom stereocenters. The van der Waals surface area contributed by atoms with E-state index in [0.29, 0.717) is 37.1 Å². The molecule has 2 aromatic carbocycles. The molecular weight excluding hydrogens is 418 g/mol. The molecule has 4 rings (SSSR count). The standard InChI is InChI=1S/C25H29N5O3/c1-4-33-22-18(3)26-23(29-24(22)30-13-15-32-16-14-30)19-7-11-21(12-8-19)28-25(31)27-20-9-5-17(2)6-10-20/h5-12H,4,13-16H2,1-3H3,(H2,27,28,31). The van der Waals surface area contributed by atoms with Gasteiger partial charge in [0.05, 0.1) is 25.5 Å². The Morgan fingerprint density at radius 3 is 2.18 bits per heavy atom. The van der Waals surface area contributed by atoms with Gasteiger partial charge in [0.15, 0.2) is 17.4 Å². The molecular formula is C25H29N5O3. The second-order valence-corrected chi connectivity index (χ2v) is 7.84. The average Bonchev–Trinajstić information content (AvgIpc) is 2.83. The number of urea groups is 1. The van der Waals surface area contributed by atoms with Crippen LogP contribution in [0.25, 0.3) is 11.4 Å². The van der Waals surface area contributed by atoms with Gasteiger partial charge in [0.2, 0.25) is 0 Å². The van der Waals surface area contributed by atoms with E-state index in [0.717, 1.165) is 41.4 Å². The van der Waals surface area contributed by atoms with Gasteiger partial charge >= 0.3 is 6.03 Å². The molecule has 0 aliphatic carbocycles. The van der Waals surface area contributed by atoms with Crippen LogP contribution in [-0.2, 0) is 4.74 Å². The van der Waals surface area contributed by atoms with Gasteiger partial charge < -0.3 is 25.0 Å². The molecule has 0 radical (unpaired) electrons. The third-order valence-corrected chi connectivity index (χ3v) is 5.33. The largest absolute Gasteiger partial charge is 0.488 e. The molecule has 1 fully saturated rings. The highest BCUT2D eigenvalue weighted by Gasteiger charge is 2.21. The highest BCUT2D eigenvalue weighted by Crippen LogP contribution is 2.32. The number of nitrogens with zero attached hydrogens (tertiary/aromatic N) is 3. The summed E-state index contributed by atoms with van der Waals surface area (Å²) in [6.07, 6.45) is 0. The summed E-state index contributed by atoms with van der Waals surface area (Å²) in [6, 6.07) is 14.8. The fourth-order valence-electron chi connectivity index (χ4n) is 3.61. The first kappa shape index (κ1) is 22.5. The van der Waals surface area contributed by atoms with Crippen molar-refractivity contribution >= 4 is 23.2 Å². The quantitative estimate of drug-likeness (QED) is 0.572. The average molecular weight is 448 g/mol. The lowest BCUT2D eigenvalue weighted by atomic mass is 10.2. The summed E-state index contributed by atoms with van der Waals surface area (Å²) >= 11 is 0. The SMILES string of the molecule is CCOc1c(C)nc(-c2ccc(NC(=O)Nc3ccc(C)cc3)cc2)nc1N1CCOCC1. The number of hydrogen-bond acceptors (Lipinski definition) is 6. The van der Waals surface area contributed by atoms with Crippen molar-refractivity contribution in [3.8, 4) is 17.1 Å². The van der Waals surface area contributed by atoms with E-state index in [2.05, 4.69) is 20.5 Å². The van der Waals surface area contributed by atoms with E-state index in [1.165, 1.54) is 0 Å². The number of aromatic nitrogens is 2. The van der Waals surface area contributed by atoms with Crippen LogP contribution in [-0.4, -0.2) is 48.9 Å². The summed E-state index contributed by atoms with van der Waals surface area (Å²) in [5.74, 6) is 2.13. The summed E-state index contributed by atoms with van der Waals surface area (Å²) in [5, 5.41) is 5.68. The van der Waals surface area contributed by atoms with E-state index in [1.807, 2.05) is 69.3 Å². The number of morpholine rings is 1. The Balaban J connectivity index is 1.51. The van der Waals surface area contributed by atoms with Gasteiger partial charge in [-0.25, -0.2) is 14.8 Å². The number of amides is 2. The normalized spacial score (nSPS) is 13.5. The van der Waals surface area contributed by atoms with E-state index in [-0.39, 0.29) is 6.03 Å². The van der Waals surface area contributed by atoms with E-state index >= 15 is 0 Å². The first-order valence-corrected chi connectivity index (χ1v) is 11.1. The Hall–Kier alpha value is -3.65. The smallest absolute Gasteiger partial charge is 0.323 e. The van der Waals surface area contributed by atoms with Crippen molar-refractivity contribution in [1.82, 2.24) is 9.97 Å². The third kappa shape index (κ3) is 5.59. The summed E-state index contributed by atoms with van der Waals surface area (Å²) in [5.41, 5.74) is 4.21. The van der Waals surface area contributed by atoms with Crippen LogP contribution in [0.15, 0.2) is 48.5 Å². The zero-order valence-corrected chi connectivity index (χ0v) is 19.2. The van der Waals surface area contributed by atoms with Crippen LogP contribution in [0, 0.1) is 13.8 Å². The lowest BCUT2D eigenvalue weighted by Crippen LogP contribution is -2.37. The molecule has 1 aliphatic rings. The molecule has 0 atom stereocenters. The van der Waals surface area contributed by atoms with E-state index in [1.54, 1.807) is 0 Å². The van der Waals surface area contributed by atoms with E-state index < -0.39 is 0 Å². The zero-order chi connectivity index (χ0) is 23.2. The van der Waals surface area contributed by atoms with Crippen LogP contribution >= 0.6 is 0 Å². The Morgan fingerprint density at radius 2 is 1.58 bits per heavy atom. The van der Waals surface area contributed by atoms with Crippen molar-refractivity contribution in [2.24, 2.45) is 0 Å².